The predicted octanol–water partition coefficient (Wildman–Crippen LogP) is 7.11. The molecule has 1 unspecified atom stereocenters. The van der Waals surface area contributed by atoms with Gasteiger partial charge >= 0.3 is 6.03 Å². The van der Waals surface area contributed by atoms with E-state index in [1.807, 2.05) is 75.4 Å². The number of benzene rings is 4. The standard InChI is InChI=1S/C43H49N5O7S2/c1-43(2,3)30-25-37(40(54-5)39(26-30)56(6)51)47-42(50)46-36-11-12-38(35-10-8-7-9-34(35)36)55-32-13-14-44-31(27-32)22-28-21-29(24-33(23-28)53-4)41(49)45-15-16-48-17-19-57(52)20-18-48/h7-14,21,23-27H,15-20,22H2,1-6H3,(H,45,49)(H2,46,47,50). The van der Waals surface area contributed by atoms with Crippen molar-refractivity contribution >= 4 is 55.7 Å². The maximum Gasteiger partial charge on any atom is 0.323 e. The van der Waals surface area contributed by atoms with Gasteiger partial charge in [0.2, 0.25) is 0 Å². The second kappa shape index (κ2) is 18.3. The van der Waals surface area contributed by atoms with Gasteiger partial charge in [0, 0.05) is 95.5 Å². The van der Waals surface area contributed by atoms with E-state index in [-0.39, 0.29) is 11.3 Å². The van der Waals surface area contributed by atoms with Crippen molar-refractivity contribution in [3.63, 3.8) is 0 Å². The maximum absolute atomic E-state index is 13.5. The van der Waals surface area contributed by atoms with Crippen LogP contribution in [0.15, 0.2) is 90.0 Å². The summed E-state index contributed by atoms with van der Waals surface area (Å²) in [6.07, 6.45) is 3.69. The SMILES string of the molecule is COc1cc(Cc2cc(Oc3ccc(NC(=O)Nc4cc(C(C)(C)C)cc(S(C)=O)c4OC)c4ccccc34)ccn2)cc(C(=O)NCCN2CCS(=O)CC2)c1. The first-order valence-electron chi connectivity index (χ1n) is 18.6. The van der Waals surface area contributed by atoms with Crippen LogP contribution in [0.1, 0.15) is 48.0 Å². The van der Waals surface area contributed by atoms with Gasteiger partial charge in [0.05, 0.1) is 41.3 Å². The molecule has 0 aliphatic carbocycles. The number of anilines is 2. The van der Waals surface area contributed by atoms with Crippen molar-refractivity contribution < 1.29 is 32.2 Å². The number of rotatable bonds is 13. The molecule has 1 aliphatic rings. The average Bonchev–Trinajstić information content (AvgIpc) is 3.18. The highest BCUT2D eigenvalue weighted by molar-refractivity contribution is 7.85. The molecule has 0 spiro atoms. The zero-order valence-electron chi connectivity index (χ0n) is 33.1. The molecule has 0 radical (unpaired) electrons. The fourth-order valence-electron chi connectivity index (χ4n) is 6.59. The number of carbonyl (C=O) groups is 2. The highest BCUT2D eigenvalue weighted by Crippen LogP contribution is 2.38. The smallest absolute Gasteiger partial charge is 0.323 e. The van der Waals surface area contributed by atoms with Crippen molar-refractivity contribution in [3.05, 3.63) is 107 Å². The van der Waals surface area contributed by atoms with E-state index < -0.39 is 27.6 Å². The molecule has 6 rings (SSSR count). The minimum atomic E-state index is -1.35. The molecule has 57 heavy (non-hydrogen) atoms. The maximum atomic E-state index is 13.5. The third kappa shape index (κ3) is 10.6. The largest absolute Gasteiger partial charge is 0.497 e. The summed E-state index contributed by atoms with van der Waals surface area (Å²) in [4.78, 5) is 33.9. The number of urea groups is 1. The van der Waals surface area contributed by atoms with Crippen LogP contribution in [0.25, 0.3) is 10.8 Å². The number of nitrogens with one attached hydrogen (secondary N) is 3. The van der Waals surface area contributed by atoms with Crippen LogP contribution in [0.5, 0.6) is 23.0 Å². The molecule has 1 saturated heterocycles. The Kier molecular flexibility index (Phi) is 13.3. The van der Waals surface area contributed by atoms with E-state index in [0.29, 0.717) is 75.8 Å². The minimum Gasteiger partial charge on any atom is -0.497 e. The van der Waals surface area contributed by atoms with Gasteiger partial charge in [-0.2, -0.15) is 0 Å². The van der Waals surface area contributed by atoms with Crippen molar-refractivity contribution in [2.45, 2.75) is 37.5 Å². The second-order valence-corrected chi connectivity index (χ2v) is 17.8. The fraction of sp³-hybridized carbons (Fsp3) is 0.326. The number of carbonyl (C=O) groups excluding carboxylic acids is 2. The zero-order chi connectivity index (χ0) is 40.7. The first-order chi connectivity index (χ1) is 27.3. The highest BCUT2D eigenvalue weighted by Gasteiger charge is 2.23. The summed E-state index contributed by atoms with van der Waals surface area (Å²) >= 11 is 0. The average molecular weight is 812 g/mol. The van der Waals surface area contributed by atoms with Crippen molar-refractivity contribution in [1.82, 2.24) is 15.2 Å². The van der Waals surface area contributed by atoms with Gasteiger partial charge in [-0.1, -0.05) is 45.0 Å². The van der Waals surface area contributed by atoms with Crippen LogP contribution >= 0.6 is 0 Å². The molecule has 3 N–H and O–H groups in total. The first kappa shape index (κ1) is 41.3. The minimum absolute atomic E-state index is 0.194. The Balaban J connectivity index is 1.16. The van der Waals surface area contributed by atoms with Gasteiger partial charge in [0.25, 0.3) is 5.91 Å². The molecule has 0 bridgehead atoms. The van der Waals surface area contributed by atoms with E-state index in [1.165, 1.54) is 7.11 Å². The fourth-order valence-corrected chi connectivity index (χ4v) is 8.47. The van der Waals surface area contributed by atoms with Crippen LogP contribution in [0.2, 0.25) is 0 Å². The number of hydrogen-bond acceptors (Lipinski definition) is 9. The van der Waals surface area contributed by atoms with Crippen LogP contribution in [0.3, 0.4) is 0 Å². The van der Waals surface area contributed by atoms with Gasteiger partial charge in [0.1, 0.15) is 17.2 Å². The molecule has 1 fully saturated rings. The Bertz CT molecular complexity index is 2320. The van der Waals surface area contributed by atoms with Gasteiger partial charge in [-0.3, -0.25) is 23.1 Å². The summed E-state index contributed by atoms with van der Waals surface area (Å²) in [6.45, 7) is 8.89. The number of methoxy groups -OCH3 is 2. The van der Waals surface area contributed by atoms with Crippen molar-refractivity contribution in [2.75, 3.05) is 68.8 Å². The lowest BCUT2D eigenvalue weighted by Gasteiger charge is -2.25. The van der Waals surface area contributed by atoms with Crippen LogP contribution in [-0.2, 0) is 33.4 Å². The lowest BCUT2D eigenvalue weighted by molar-refractivity contribution is 0.0948. The van der Waals surface area contributed by atoms with E-state index in [0.717, 1.165) is 40.7 Å². The van der Waals surface area contributed by atoms with Gasteiger partial charge < -0.3 is 30.2 Å². The number of pyridine rings is 1. The van der Waals surface area contributed by atoms with E-state index >= 15 is 0 Å². The molecule has 300 valence electrons. The summed E-state index contributed by atoms with van der Waals surface area (Å²) in [6, 6.07) is 23.5. The van der Waals surface area contributed by atoms with E-state index in [1.54, 1.807) is 43.8 Å². The molecule has 2 heterocycles. The number of hydrogen-bond donors (Lipinski definition) is 3. The lowest BCUT2D eigenvalue weighted by atomic mass is 9.86. The van der Waals surface area contributed by atoms with Gasteiger partial charge in [-0.05, 0) is 65.1 Å². The van der Waals surface area contributed by atoms with Gasteiger partial charge in [-0.15, -0.1) is 0 Å². The Morgan fingerprint density at radius 3 is 2.32 bits per heavy atom. The van der Waals surface area contributed by atoms with Crippen LogP contribution in [-0.4, -0.2) is 88.4 Å². The molecule has 12 nitrogen and oxygen atoms in total. The number of amides is 3. The predicted molar refractivity (Wildman–Crippen MR) is 227 cm³/mol. The van der Waals surface area contributed by atoms with E-state index in [2.05, 4.69) is 25.8 Å². The molecule has 14 heteroatoms. The molecular formula is C43H49N5O7S2. The van der Waals surface area contributed by atoms with Crippen molar-refractivity contribution in [2.24, 2.45) is 0 Å². The summed E-state index contributed by atoms with van der Waals surface area (Å²) in [5.41, 5.74) is 3.71. The monoisotopic (exact) mass is 811 g/mol. The molecule has 3 amide bonds. The Morgan fingerprint density at radius 1 is 0.877 bits per heavy atom. The molecule has 1 atom stereocenters. The first-order valence-corrected chi connectivity index (χ1v) is 21.7. The lowest BCUT2D eigenvalue weighted by Crippen LogP contribution is -2.42. The van der Waals surface area contributed by atoms with Crippen molar-refractivity contribution in [3.8, 4) is 23.0 Å². The topological polar surface area (TPSA) is 148 Å². The summed E-state index contributed by atoms with van der Waals surface area (Å²) in [5, 5.41) is 10.4. The van der Waals surface area contributed by atoms with Crippen molar-refractivity contribution in [1.29, 1.82) is 0 Å². The molecule has 4 aromatic carbocycles. The highest BCUT2D eigenvalue weighted by atomic mass is 32.2. The molecule has 0 saturated carbocycles. The molecular weight excluding hydrogens is 763 g/mol. The third-order valence-corrected chi connectivity index (χ3v) is 11.9. The molecule has 1 aromatic heterocycles. The second-order valence-electron chi connectivity index (χ2n) is 14.8. The van der Waals surface area contributed by atoms with E-state index in [9.17, 15) is 18.0 Å². The Hall–Kier alpha value is -5.31. The Labute approximate surface area is 338 Å². The third-order valence-electron chi connectivity index (χ3n) is 9.66. The van der Waals surface area contributed by atoms with Gasteiger partial charge in [-0.25, -0.2) is 4.79 Å². The summed E-state index contributed by atoms with van der Waals surface area (Å²) in [5.74, 6) is 3.22. The summed E-state index contributed by atoms with van der Waals surface area (Å²) < 4.78 is 41.9. The number of ether oxygens (including phenoxy) is 3. The van der Waals surface area contributed by atoms with Crippen LogP contribution < -0.4 is 30.2 Å². The number of aromatic nitrogens is 1. The van der Waals surface area contributed by atoms with E-state index in [4.69, 9.17) is 14.2 Å². The normalized spacial score (nSPS) is 14.1. The quantitative estimate of drug-likeness (QED) is 0.113. The number of nitrogens with zero attached hydrogens (tertiary/aromatic N) is 2. The summed E-state index contributed by atoms with van der Waals surface area (Å²) in [7, 11) is 0.974. The Morgan fingerprint density at radius 2 is 1.61 bits per heavy atom. The number of fused-ring (bicyclic) bond motifs is 1. The van der Waals surface area contributed by atoms with Crippen LogP contribution in [0.4, 0.5) is 16.2 Å². The molecule has 1 aliphatic heterocycles. The van der Waals surface area contributed by atoms with Crippen LogP contribution in [0, 0.1) is 0 Å². The zero-order valence-corrected chi connectivity index (χ0v) is 34.7. The molecule has 5 aromatic rings. The van der Waals surface area contributed by atoms with Gasteiger partial charge in [0.15, 0.2) is 5.75 Å².